The number of nitrogens with one attached hydrogen (secondary N) is 1. The van der Waals surface area contributed by atoms with Crippen molar-refractivity contribution < 1.29 is 4.79 Å². The van der Waals surface area contributed by atoms with Gasteiger partial charge >= 0.3 is 0 Å². The Bertz CT molecular complexity index is 215. The predicted octanol–water partition coefficient (Wildman–Crippen LogP) is 2.30. The number of hydrogen-bond acceptors (Lipinski definition) is 2. The predicted molar refractivity (Wildman–Crippen MR) is 74.6 cm³/mol. The summed E-state index contributed by atoms with van der Waals surface area (Å²) in [6.45, 7) is 10.4. The molecule has 0 spiro atoms. The maximum absolute atomic E-state index is 12.0. The fourth-order valence-corrected chi connectivity index (χ4v) is 2.29. The summed E-state index contributed by atoms with van der Waals surface area (Å²) in [6, 6.07) is 0. The number of rotatable bonds is 6. The number of carbonyl (C=O) groups is 1. The van der Waals surface area contributed by atoms with Gasteiger partial charge in [0.2, 0.25) is 5.91 Å². The molecule has 0 aromatic carbocycles. The second-order valence-corrected chi connectivity index (χ2v) is 5.22. The Labute approximate surface area is 112 Å². The molecule has 0 radical (unpaired) electrons. The normalized spacial score (nSPS) is 19.2. The first-order valence-corrected chi connectivity index (χ1v) is 6.62. The standard InChI is InChI=1S/C13H26N2O.ClH/c1-4-15(10-11(2)3)13(16)6-5-12-7-8-14-9-12;/h11-12,14H,4-10H2,1-3H3;1H. The van der Waals surface area contributed by atoms with Crippen LogP contribution in [-0.4, -0.2) is 37.0 Å². The third-order valence-electron chi connectivity index (χ3n) is 3.25. The molecule has 1 aliphatic heterocycles. The first-order valence-electron chi connectivity index (χ1n) is 6.62. The summed E-state index contributed by atoms with van der Waals surface area (Å²) < 4.78 is 0. The van der Waals surface area contributed by atoms with E-state index >= 15 is 0 Å². The fourth-order valence-electron chi connectivity index (χ4n) is 2.29. The van der Waals surface area contributed by atoms with Crippen molar-refractivity contribution in [2.75, 3.05) is 26.2 Å². The van der Waals surface area contributed by atoms with E-state index in [0.29, 0.717) is 11.8 Å². The van der Waals surface area contributed by atoms with E-state index in [2.05, 4.69) is 26.1 Å². The monoisotopic (exact) mass is 262 g/mol. The van der Waals surface area contributed by atoms with Crippen LogP contribution in [0.15, 0.2) is 0 Å². The smallest absolute Gasteiger partial charge is 0.222 e. The fraction of sp³-hybridized carbons (Fsp3) is 0.923. The van der Waals surface area contributed by atoms with Crippen molar-refractivity contribution in [3.8, 4) is 0 Å². The van der Waals surface area contributed by atoms with E-state index in [-0.39, 0.29) is 12.4 Å². The molecule has 1 unspecified atom stereocenters. The van der Waals surface area contributed by atoms with Gasteiger partial charge in [0, 0.05) is 19.5 Å². The molecule has 0 bridgehead atoms. The van der Waals surface area contributed by atoms with Crippen LogP contribution in [0, 0.1) is 11.8 Å². The van der Waals surface area contributed by atoms with Crippen molar-refractivity contribution in [2.45, 2.75) is 40.0 Å². The van der Waals surface area contributed by atoms with Gasteiger partial charge in [-0.15, -0.1) is 12.4 Å². The third kappa shape index (κ3) is 6.27. The molecule has 1 aliphatic rings. The average Bonchev–Trinajstić information content (AvgIpc) is 2.75. The van der Waals surface area contributed by atoms with Crippen LogP contribution in [0.25, 0.3) is 0 Å². The molecule has 1 fully saturated rings. The Hall–Kier alpha value is -0.280. The molecule has 1 atom stereocenters. The van der Waals surface area contributed by atoms with E-state index in [4.69, 9.17) is 0 Å². The van der Waals surface area contributed by atoms with Crippen molar-refractivity contribution in [1.29, 1.82) is 0 Å². The minimum absolute atomic E-state index is 0. The lowest BCUT2D eigenvalue weighted by Gasteiger charge is -2.23. The minimum atomic E-state index is 0. The third-order valence-corrected chi connectivity index (χ3v) is 3.25. The summed E-state index contributed by atoms with van der Waals surface area (Å²) in [5.41, 5.74) is 0. The zero-order valence-corrected chi connectivity index (χ0v) is 12.2. The molecule has 1 heterocycles. The summed E-state index contributed by atoms with van der Waals surface area (Å²) in [4.78, 5) is 14.0. The highest BCUT2D eigenvalue weighted by molar-refractivity contribution is 5.85. The van der Waals surface area contributed by atoms with Crippen LogP contribution in [0.2, 0.25) is 0 Å². The molecule has 0 saturated carbocycles. The average molecular weight is 263 g/mol. The highest BCUT2D eigenvalue weighted by atomic mass is 35.5. The second kappa shape index (κ2) is 8.76. The molecule has 1 amide bonds. The van der Waals surface area contributed by atoms with Crippen molar-refractivity contribution in [3.05, 3.63) is 0 Å². The van der Waals surface area contributed by atoms with Gasteiger partial charge in [0.15, 0.2) is 0 Å². The van der Waals surface area contributed by atoms with Gasteiger partial charge in [-0.25, -0.2) is 0 Å². The molecule has 102 valence electrons. The quantitative estimate of drug-likeness (QED) is 0.797. The van der Waals surface area contributed by atoms with Crippen LogP contribution in [0.1, 0.15) is 40.0 Å². The summed E-state index contributed by atoms with van der Waals surface area (Å²) in [5.74, 6) is 1.63. The van der Waals surface area contributed by atoms with Crippen LogP contribution < -0.4 is 5.32 Å². The minimum Gasteiger partial charge on any atom is -0.343 e. The Morgan fingerprint density at radius 3 is 2.65 bits per heavy atom. The van der Waals surface area contributed by atoms with Crippen LogP contribution >= 0.6 is 12.4 Å². The van der Waals surface area contributed by atoms with Gasteiger partial charge in [-0.3, -0.25) is 4.79 Å². The highest BCUT2D eigenvalue weighted by Crippen LogP contribution is 2.15. The molecule has 0 aromatic rings. The van der Waals surface area contributed by atoms with Crippen LogP contribution in [0.4, 0.5) is 0 Å². The highest BCUT2D eigenvalue weighted by Gasteiger charge is 2.18. The summed E-state index contributed by atoms with van der Waals surface area (Å²) in [7, 11) is 0. The number of halogens is 1. The van der Waals surface area contributed by atoms with Gasteiger partial charge in [0.25, 0.3) is 0 Å². The van der Waals surface area contributed by atoms with Crippen molar-refractivity contribution >= 4 is 18.3 Å². The van der Waals surface area contributed by atoms with E-state index in [9.17, 15) is 4.79 Å². The van der Waals surface area contributed by atoms with Crippen LogP contribution in [0.5, 0.6) is 0 Å². The number of carbonyl (C=O) groups excluding carboxylic acids is 1. The van der Waals surface area contributed by atoms with Crippen LogP contribution in [0.3, 0.4) is 0 Å². The lowest BCUT2D eigenvalue weighted by Crippen LogP contribution is -2.34. The lowest BCUT2D eigenvalue weighted by atomic mass is 10.0. The Kier molecular flexibility index (Phi) is 8.61. The molecule has 3 nitrogen and oxygen atoms in total. The van der Waals surface area contributed by atoms with Crippen molar-refractivity contribution in [2.24, 2.45) is 11.8 Å². The maximum Gasteiger partial charge on any atom is 0.222 e. The summed E-state index contributed by atoms with van der Waals surface area (Å²) in [6.07, 6.45) is 3.02. The van der Waals surface area contributed by atoms with E-state index in [1.54, 1.807) is 0 Å². The molecule has 17 heavy (non-hydrogen) atoms. The molecular formula is C13H27ClN2O. The SMILES string of the molecule is CCN(CC(C)C)C(=O)CCC1CCNC1.Cl. The number of amides is 1. The van der Waals surface area contributed by atoms with Gasteiger partial charge in [0.1, 0.15) is 0 Å². The molecular weight excluding hydrogens is 236 g/mol. The Morgan fingerprint density at radius 2 is 2.18 bits per heavy atom. The molecule has 4 heteroatoms. The van der Waals surface area contributed by atoms with Gasteiger partial charge in [-0.2, -0.15) is 0 Å². The van der Waals surface area contributed by atoms with Gasteiger partial charge < -0.3 is 10.2 Å². The molecule has 1 N–H and O–H groups in total. The molecule has 1 rings (SSSR count). The van der Waals surface area contributed by atoms with Crippen molar-refractivity contribution in [3.63, 3.8) is 0 Å². The zero-order chi connectivity index (χ0) is 12.0. The maximum atomic E-state index is 12.0. The van der Waals surface area contributed by atoms with Gasteiger partial charge in [0.05, 0.1) is 0 Å². The van der Waals surface area contributed by atoms with E-state index in [1.807, 2.05) is 4.90 Å². The lowest BCUT2D eigenvalue weighted by molar-refractivity contribution is -0.131. The second-order valence-electron chi connectivity index (χ2n) is 5.22. The number of nitrogens with zero attached hydrogens (tertiary/aromatic N) is 1. The van der Waals surface area contributed by atoms with Crippen molar-refractivity contribution in [1.82, 2.24) is 10.2 Å². The van der Waals surface area contributed by atoms with Gasteiger partial charge in [-0.1, -0.05) is 13.8 Å². The molecule has 1 saturated heterocycles. The van der Waals surface area contributed by atoms with E-state index in [0.717, 1.165) is 44.9 Å². The molecule has 0 aliphatic carbocycles. The summed E-state index contributed by atoms with van der Waals surface area (Å²) >= 11 is 0. The Balaban J connectivity index is 0.00000256. The first kappa shape index (κ1) is 16.7. The zero-order valence-electron chi connectivity index (χ0n) is 11.4. The van der Waals surface area contributed by atoms with Crippen LogP contribution in [-0.2, 0) is 4.79 Å². The van der Waals surface area contributed by atoms with Gasteiger partial charge in [-0.05, 0) is 44.7 Å². The topological polar surface area (TPSA) is 32.3 Å². The largest absolute Gasteiger partial charge is 0.343 e. The number of hydrogen-bond donors (Lipinski definition) is 1. The van der Waals surface area contributed by atoms with E-state index < -0.39 is 0 Å². The Morgan fingerprint density at radius 1 is 1.47 bits per heavy atom. The first-order chi connectivity index (χ1) is 7.63. The van der Waals surface area contributed by atoms with E-state index in [1.165, 1.54) is 6.42 Å². The molecule has 0 aromatic heterocycles. The summed E-state index contributed by atoms with van der Waals surface area (Å²) in [5, 5.41) is 3.35.